The molecule has 0 aliphatic rings. The second kappa shape index (κ2) is 4.75. The van der Waals surface area contributed by atoms with Gasteiger partial charge in [-0.15, -0.1) is 0 Å². The Morgan fingerprint density at radius 2 is 1.94 bits per heavy atom. The standard InChI is InChI=1S/C13H14N2O/c1-2-3-10-4-6-11(7-5-10)12-8-14-13(16)15-9-12/h4-9H,2-3H2,1H3,(H,14,15,16). The Morgan fingerprint density at radius 3 is 2.50 bits per heavy atom. The van der Waals surface area contributed by atoms with E-state index in [1.54, 1.807) is 12.4 Å². The van der Waals surface area contributed by atoms with Gasteiger partial charge < -0.3 is 4.98 Å². The fourth-order valence-corrected chi connectivity index (χ4v) is 1.65. The quantitative estimate of drug-likeness (QED) is 0.852. The second-order valence-corrected chi connectivity index (χ2v) is 3.75. The summed E-state index contributed by atoms with van der Waals surface area (Å²) in [5.74, 6) is 0. The van der Waals surface area contributed by atoms with E-state index in [4.69, 9.17) is 0 Å². The van der Waals surface area contributed by atoms with E-state index in [1.807, 2.05) is 0 Å². The summed E-state index contributed by atoms with van der Waals surface area (Å²) in [5, 5.41) is 0. The van der Waals surface area contributed by atoms with Gasteiger partial charge in [-0.05, 0) is 17.5 Å². The van der Waals surface area contributed by atoms with E-state index in [1.165, 1.54) is 5.56 Å². The maximum Gasteiger partial charge on any atom is 0.344 e. The Kier molecular flexibility index (Phi) is 3.15. The molecule has 3 nitrogen and oxygen atoms in total. The van der Waals surface area contributed by atoms with Crippen molar-refractivity contribution in [3.63, 3.8) is 0 Å². The van der Waals surface area contributed by atoms with Crippen LogP contribution in [0, 0.1) is 0 Å². The average molecular weight is 214 g/mol. The summed E-state index contributed by atoms with van der Waals surface area (Å²) < 4.78 is 0. The number of nitrogens with one attached hydrogen (secondary N) is 1. The van der Waals surface area contributed by atoms with Gasteiger partial charge in [-0.3, -0.25) is 0 Å². The first kappa shape index (κ1) is 10.6. The number of aryl methyl sites for hydroxylation is 1. The normalized spacial score (nSPS) is 10.3. The van der Waals surface area contributed by atoms with Crippen LogP contribution in [-0.2, 0) is 6.42 Å². The van der Waals surface area contributed by atoms with Crippen molar-refractivity contribution in [1.82, 2.24) is 9.97 Å². The third-order valence-corrected chi connectivity index (χ3v) is 2.50. The zero-order valence-corrected chi connectivity index (χ0v) is 9.23. The highest BCUT2D eigenvalue weighted by atomic mass is 16.1. The second-order valence-electron chi connectivity index (χ2n) is 3.75. The highest BCUT2D eigenvalue weighted by Gasteiger charge is 1.98. The molecule has 0 saturated heterocycles. The molecule has 0 unspecified atom stereocenters. The molecule has 0 radical (unpaired) electrons. The molecule has 0 bridgehead atoms. The van der Waals surface area contributed by atoms with Gasteiger partial charge >= 0.3 is 5.69 Å². The molecule has 3 heteroatoms. The molecule has 1 heterocycles. The summed E-state index contributed by atoms with van der Waals surface area (Å²) in [5.41, 5.74) is 3.03. The Labute approximate surface area is 94.2 Å². The van der Waals surface area contributed by atoms with Crippen LogP contribution in [0.4, 0.5) is 0 Å². The van der Waals surface area contributed by atoms with Gasteiger partial charge in [0.15, 0.2) is 0 Å². The minimum atomic E-state index is -0.314. The summed E-state index contributed by atoms with van der Waals surface area (Å²) in [4.78, 5) is 17.1. The number of aromatic amines is 1. The maximum atomic E-state index is 10.8. The van der Waals surface area contributed by atoms with E-state index >= 15 is 0 Å². The summed E-state index contributed by atoms with van der Waals surface area (Å²) in [6.07, 6.45) is 5.53. The molecule has 0 spiro atoms. The molecule has 1 aromatic carbocycles. The monoisotopic (exact) mass is 214 g/mol. The van der Waals surface area contributed by atoms with E-state index in [0.29, 0.717) is 0 Å². The Balaban J connectivity index is 2.27. The lowest BCUT2D eigenvalue weighted by atomic mass is 10.0. The van der Waals surface area contributed by atoms with Crippen molar-refractivity contribution in [2.24, 2.45) is 0 Å². The van der Waals surface area contributed by atoms with Crippen molar-refractivity contribution in [2.75, 3.05) is 0 Å². The zero-order chi connectivity index (χ0) is 11.4. The molecule has 82 valence electrons. The molecule has 0 aliphatic carbocycles. The number of hydrogen-bond donors (Lipinski definition) is 1. The van der Waals surface area contributed by atoms with Crippen LogP contribution in [0.1, 0.15) is 18.9 Å². The first-order chi connectivity index (χ1) is 7.79. The first-order valence-corrected chi connectivity index (χ1v) is 5.43. The average Bonchev–Trinajstić information content (AvgIpc) is 2.32. The van der Waals surface area contributed by atoms with Crippen molar-refractivity contribution in [1.29, 1.82) is 0 Å². The van der Waals surface area contributed by atoms with Gasteiger partial charge in [0, 0.05) is 18.0 Å². The molecule has 0 amide bonds. The number of hydrogen-bond acceptors (Lipinski definition) is 2. The fraction of sp³-hybridized carbons (Fsp3) is 0.231. The predicted octanol–water partition coefficient (Wildman–Crippen LogP) is 2.39. The van der Waals surface area contributed by atoms with E-state index in [9.17, 15) is 4.79 Å². The molecule has 1 N–H and O–H groups in total. The molecule has 0 fully saturated rings. The molecule has 16 heavy (non-hydrogen) atoms. The van der Waals surface area contributed by atoms with Gasteiger partial charge in [0.2, 0.25) is 0 Å². The highest BCUT2D eigenvalue weighted by Crippen LogP contribution is 2.17. The van der Waals surface area contributed by atoms with Gasteiger partial charge in [0.05, 0.1) is 0 Å². The summed E-state index contributed by atoms with van der Waals surface area (Å²) in [6.45, 7) is 2.17. The zero-order valence-electron chi connectivity index (χ0n) is 9.23. The van der Waals surface area contributed by atoms with Crippen LogP contribution in [0.15, 0.2) is 41.5 Å². The van der Waals surface area contributed by atoms with E-state index < -0.39 is 0 Å². The Morgan fingerprint density at radius 1 is 1.19 bits per heavy atom. The third-order valence-electron chi connectivity index (χ3n) is 2.50. The topological polar surface area (TPSA) is 45.8 Å². The number of H-pyrrole nitrogens is 1. The van der Waals surface area contributed by atoms with Crippen LogP contribution in [-0.4, -0.2) is 9.97 Å². The van der Waals surface area contributed by atoms with Crippen LogP contribution in [0.3, 0.4) is 0 Å². The van der Waals surface area contributed by atoms with Crippen LogP contribution in [0.25, 0.3) is 11.1 Å². The number of nitrogens with zero attached hydrogens (tertiary/aromatic N) is 1. The summed E-state index contributed by atoms with van der Waals surface area (Å²) >= 11 is 0. The Bertz CT molecular complexity index is 494. The van der Waals surface area contributed by atoms with Crippen LogP contribution in [0.5, 0.6) is 0 Å². The minimum absolute atomic E-state index is 0.314. The van der Waals surface area contributed by atoms with Crippen LogP contribution >= 0.6 is 0 Å². The largest absolute Gasteiger partial charge is 0.344 e. The van der Waals surface area contributed by atoms with Gasteiger partial charge in [-0.2, -0.15) is 0 Å². The molecule has 2 aromatic rings. The predicted molar refractivity (Wildman–Crippen MR) is 64.3 cm³/mol. The van der Waals surface area contributed by atoms with Crippen LogP contribution in [0.2, 0.25) is 0 Å². The third kappa shape index (κ3) is 2.37. The number of aromatic nitrogens is 2. The lowest BCUT2D eigenvalue weighted by Gasteiger charge is -2.02. The van der Waals surface area contributed by atoms with Crippen molar-refractivity contribution < 1.29 is 0 Å². The molecule has 0 saturated carbocycles. The van der Waals surface area contributed by atoms with Gasteiger partial charge in [-0.1, -0.05) is 37.6 Å². The SMILES string of the molecule is CCCc1ccc(-c2cnc(=O)[nH]c2)cc1. The van der Waals surface area contributed by atoms with E-state index in [0.717, 1.165) is 24.0 Å². The molecular weight excluding hydrogens is 200 g/mol. The molecule has 0 aliphatic heterocycles. The van der Waals surface area contributed by atoms with Crippen LogP contribution < -0.4 is 5.69 Å². The van der Waals surface area contributed by atoms with Crippen molar-refractivity contribution in [3.8, 4) is 11.1 Å². The molecule has 2 rings (SSSR count). The summed E-state index contributed by atoms with van der Waals surface area (Å²) in [6, 6.07) is 8.34. The number of rotatable bonds is 3. The fourth-order valence-electron chi connectivity index (χ4n) is 1.65. The van der Waals surface area contributed by atoms with Gasteiger partial charge in [0.1, 0.15) is 0 Å². The highest BCUT2D eigenvalue weighted by molar-refractivity contribution is 5.61. The lowest BCUT2D eigenvalue weighted by molar-refractivity contribution is 0.922. The first-order valence-electron chi connectivity index (χ1n) is 5.43. The minimum Gasteiger partial charge on any atom is -0.312 e. The van der Waals surface area contributed by atoms with Gasteiger partial charge in [0.25, 0.3) is 0 Å². The maximum absolute atomic E-state index is 10.8. The summed E-state index contributed by atoms with van der Waals surface area (Å²) in [7, 11) is 0. The molecule has 1 aromatic heterocycles. The van der Waals surface area contributed by atoms with Crippen molar-refractivity contribution in [3.05, 3.63) is 52.7 Å². The van der Waals surface area contributed by atoms with E-state index in [2.05, 4.69) is 41.2 Å². The van der Waals surface area contributed by atoms with Crippen molar-refractivity contribution in [2.45, 2.75) is 19.8 Å². The molecule has 0 atom stereocenters. The van der Waals surface area contributed by atoms with Gasteiger partial charge in [-0.25, -0.2) is 9.78 Å². The molecular formula is C13H14N2O. The Hall–Kier alpha value is -1.90. The van der Waals surface area contributed by atoms with E-state index in [-0.39, 0.29) is 5.69 Å². The smallest absolute Gasteiger partial charge is 0.312 e. The lowest BCUT2D eigenvalue weighted by Crippen LogP contribution is -2.07. The van der Waals surface area contributed by atoms with Crippen molar-refractivity contribution >= 4 is 0 Å². The number of benzene rings is 1.